The SMILES string of the molecule is C#CCNC(=O)c1ccc(N2CCC(C(=O)NCc3ccc(C)cc3)CC2)nc1. The van der Waals surface area contributed by atoms with Gasteiger partial charge in [0.15, 0.2) is 0 Å². The Kier molecular flexibility index (Phi) is 6.85. The van der Waals surface area contributed by atoms with E-state index in [2.05, 4.69) is 38.6 Å². The molecule has 2 N–H and O–H groups in total. The minimum Gasteiger partial charge on any atom is -0.357 e. The highest BCUT2D eigenvalue weighted by atomic mass is 16.2. The average Bonchev–Trinajstić information content (AvgIpc) is 2.77. The zero-order chi connectivity index (χ0) is 20.6. The van der Waals surface area contributed by atoms with Gasteiger partial charge in [-0.05, 0) is 37.5 Å². The molecule has 2 aromatic rings. The molecule has 6 nitrogen and oxygen atoms in total. The topological polar surface area (TPSA) is 74.3 Å². The Morgan fingerprint density at radius 1 is 1.14 bits per heavy atom. The molecule has 1 aromatic heterocycles. The molecule has 0 unspecified atom stereocenters. The van der Waals surface area contributed by atoms with Crippen molar-refractivity contribution in [2.24, 2.45) is 5.92 Å². The zero-order valence-electron chi connectivity index (χ0n) is 16.6. The first-order chi connectivity index (χ1) is 14.1. The van der Waals surface area contributed by atoms with Crippen molar-refractivity contribution >= 4 is 17.6 Å². The molecule has 1 aliphatic rings. The van der Waals surface area contributed by atoms with Crippen LogP contribution in [0.3, 0.4) is 0 Å². The predicted octanol–water partition coefficient (Wildman–Crippen LogP) is 2.29. The number of terminal acetylenes is 1. The summed E-state index contributed by atoms with van der Waals surface area (Å²) in [7, 11) is 0. The van der Waals surface area contributed by atoms with Gasteiger partial charge < -0.3 is 15.5 Å². The molecule has 0 bridgehead atoms. The van der Waals surface area contributed by atoms with Gasteiger partial charge in [-0.2, -0.15) is 0 Å². The first-order valence-corrected chi connectivity index (χ1v) is 9.82. The Morgan fingerprint density at radius 2 is 1.86 bits per heavy atom. The number of nitrogens with one attached hydrogen (secondary N) is 2. The summed E-state index contributed by atoms with van der Waals surface area (Å²) in [6.07, 6.45) is 8.27. The summed E-state index contributed by atoms with van der Waals surface area (Å²) < 4.78 is 0. The molecule has 0 atom stereocenters. The Hall–Kier alpha value is -3.33. The number of benzene rings is 1. The lowest BCUT2D eigenvalue weighted by atomic mass is 9.95. The van der Waals surface area contributed by atoms with Crippen molar-refractivity contribution < 1.29 is 9.59 Å². The molecule has 0 saturated carbocycles. The highest BCUT2D eigenvalue weighted by Gasteiger charge is 2.25. The van der Waals surface area contributed by atoms with Gasteiger partial charge in [0, 0.05) is 31.7 Å². The lowest BCUT2D eigenvalue weighted by Gasteiger charge is -2.32. The zero-order valence-corrected chi connectivity index (χ0v) is 16.6. The van der Waals surface area contributed by atoms with Crippen molar-refractivity contribution in [1.29, 1.82) is 0 Å². The maximum atomic E-state index is 12.5. The second kappa shape index (κ2) is 9.74. The number of nitrogens with zero attached hydrogens (tertiary/aromatic N) is 2. The molecular formula is C23H26N4O2. The number of carbonyl (C=O) groups excluding carboxylic acids is 2. The highest BCUT2D eigenvalue weighted by Crippen LogP contribution is 2.22. The van der Waals surface area contributed by atoms with Crippen LogP contribution in [0.5, 0.6) is 0 Å². The summed E-state index contributed by atoms with van der Waals surface area (Å²) in [5.74, 6) is 3.09. The summed E-state index contributed by atoms with van der Waals surface area (Å²) in [5, 5.41) is 5.67. The molecule has 0 spiro atoms. The fourth-order valence-corrected chi connectivity index (χ4v) is 3.35. The second-order valence-electron chi connectivity index (χ2n) is 7.26. The minimum absolute atomic E-state index is 0.0190. The number of rotatable bonds is 6. The molecule has 29 heavy (non-hydrogen) atoms. The molecule has 150 valence electrons. The molecular weight excluding hydrogens is 364 g/mol. The number of aromatic nitrogens is 1. The third-order valence-corrected chi connectivity index (χ3v) is 5.14. The molecule has 3 rings (SSSR count). The fraction of sp³-hybridized carbons (Fsp3) is 0.348. The van der Waals surface area contributed by atoms with Crippen LogP contribution in [0.4, 0.5) is 5.82 Å². The Bertz CT molecular complexity index is 877. The number of piperidine rings is 1. The van der Waals surface area contributed by atoms with E-state index in [1.165, 1.54) is 5.56 Å². The minimum atomic E-state index is -0.231. The molecule has 0 aliphatic carbocycles. The lowest BCUT2D eigenvalue weighted by Crippen LogP contribution is -2.40. The van der Waals surface area contributed by atoms with Crippen LogP contribution in [-0.2, 0) is 11.3 Å². The Balaban J connectivity index is 1.47. The molecule has 2 heterocycles. The second-order valence-corrected chi connectivity index (χ2v) is 7.26. The monoisotopic (exact) mass is 390 g/mol. The van der Waals surface area contributed by atoms with Crippen molar-refractivity contribution in [3.63, 3.8) is 0 Å². The number of anilines is 1. The maximum Gasteiger partial charge on any atom is 0.253 e. The van der Waals surface area contributed by atoms with Crippen molar-refractivity contribution in [1.82, 2.24) is 15.6 Å². The van der Waals surface area contributed by atoms with Gasteiger partial charge in [0.05, 0.1) is 12.1 Å². The van der Waals surface area contributed by atoms with Crippen molar-refractivity contribution in [3.05, 3.63) is 59.3 Å². The van der Waals surface area contributed by atoms with Gasteiger partial charge in [0.1, 0.15) is 5.82 Å². The summed E-state index contributed by atoms with van der Waals surface area (Å²) in [4.78, 5) is 30.9. The molecule has 6 heteroatoms. The van der Waals surface area contributed by atoms with Crippen LogP contribution in [0.15, 0.2) is 42.6 Å². The molecule has 1 aromatic carbocycles. The number of hydrogen-bond donors (Lipinski definition) is 2. The van der Waals surface area contributed by atoms with Crippen LogP contribution in [0.1, 0.15) is 34.3 Å². The largest absolute Gasteiger partial charge is 0.357 e. The van der Waals surface area contributed by atoms with Crippen LogP contribution in [0.25, 0.3) is 0 Å². The Labute approximate surface area is 171 Å². The quantitative estimate of drug-likeness (QED) is 0.742. The van der Waals surface area contributed by atoms with Crippen LogP contribution in [0.2, 0.25) is 0 Å². The van der Waals surface area contributed by atoms with Gasteiger partial charge in [-0.3, -0.25) is 9.59 Å². The smallest absolute Gasteiger partial charge is 0.253 e. The van der Waals surface area contributed by atoms with E-state index in [0.717, 1.165) is 37.3 Å². The number of amides is 2. The normalized spacial score (nSPS) is 14.1. The van der Waals surface area contributed by atoms with Gasteiger partial charge in [0.25, 0.3) is 5.91 Å². The summed E-state index contributed by atoms with van der Waals surface area (Å²) in [6, 6.07) is 11.8. The highest BCUT2D eigenvalue weighted by molar-refractivity contribution is 5.94. The van der Waals surface area contributed by atoms with E-state index in [1.807, 2.05) is 25.1 Å². The van der Waals surface area contributed by atoms with Crippen molar-refractivity contribution in [2.75, 3.05) is 24.5 Å². The van der Waals surface area contributed by atoms with E-state index < -0.39 is 0 Å². The van der Waals surface area contributed by atoms with E-state index in [-0.39, 0.29) is 24.3 Å². The maximum absolute atomic E-state index is 12.5. The van der Waals surface area contributed by atoms with Crippen LogP contribution >= 0.6 is 0 Å². The van der Waals surface area contributed by atoms with E-state index in [1.54, 1.807) is 12.3 Å². The standard InChI is InChI=1S/C23H26N4O2/c1-3-12-24-23(29)20-8-9-21(25-16-20)27-13-10-19(11-14-27)22(28)26-15-18-6-4-17(2)5-7-18/h1,4-9,16,19H,10-15H2,2H3,(H,24,29)(H,26,28). The lowest BCUT2D eigenvalue weighted by molar-refractivity contribution is -0.125. The third-order valence-electron chi connectivity index (χ3n) is 5.14. The van der Waals surface area contributed by atoms with E-state index in [4.69, 9.17) is 6.42 Å². The van der Waals surface area contributed by atoms with Crippen molar-refractivity contribution in [2.45, 2.75) is 26.3 Å². The van der Waals surface area contributed by atoms with Gasteiger partial charge in [0.2, 0.25) is 5.91 Å². The first-order valence-electron chi connectivity index (χ1n) is 9.82. The van der Waals surface area contributed by atoms with E-state index in [9.17, 15) is 9.59 Å². The molecule has 1 saturated heterocycles. The molecule has 0 radical (unpaired) electrons. The van der Waals surface area contributed by atoms with E-state index >= 15 is 0 Å². The van der Waals surface area contributed by atoms with Gasteiger partial charge in [-0.25, -0.2) is 4.98 Å². The number of hydrogen-bond acceptors (Lipinski definition) is 4. The summed E-state index contributed by atoms with van der Waals surface area (Å²) in [6.45, 7) is 4.33. The first kappa shape index (κ1) is 20.4. The van der Waals surface area contributed by atoms with Gasteiger partial charge >= 0.3 is 0 Å². The number of carbonyl (C=O) groups is 2. The van der Waals surface area contributed by atoms with Crippen molar-refractivity contribution in [3.8, 4) is 12.3 Å². The third kappa shape index (κ3) is 5.58. The van der Waals surface area contributed by atoms with Crippen LogP contribution in [0, 0.1) is 25.2 Å². The fourth-order valence-electron chi connectivity index (χ4n) is 3.35. The molecule has 1 fully saturated rings. The summed E-state index contributed by atoms with van der Waals surface area (Å²) >= 11 is 0. The predicted molar refractivity (Wildman–Crippen MR) is 113 cm³/mol. The molecule has 1 aliphatic heterocycles. The number of aryl methyl sites for hydroxylation is 1. The van der Waals surface area contributed by atoms with Crippen LogP contribution < -0.4 is 15.5 Å². The van der Waals surface area contributed by atoms with Crippen LogP contribution in [-0.4, -0.2) is 36.4 Å². The van der Waals surface area contributed by atoms with Gasteiger partial charge in [-0.15, -0.1) is 6.42 Å². The van der Waals surface area contributed by atoms with E-state index in [0.29, 0.717) is 12.1 Å². The number of pyridine rings is 1. The Morgan fingerprint density at radius 3 is 2.48 bits per heavy atom. The average molecular weight is 390 g/mol. The van der Waals surface area contributed by atoms with Gasteiger partial charge in [-0.1, -0.05) is 35.7 Å². The summed E-state index contributed by atoms with van der Waals surface area (Å²) in [5.41, 5.74) is 2.80. The molecule has 2 amide bonds.